The van der Waals surface area contributed by atoms with Gasteiger partial charge in [-0.3, -0.25) is 13.9 Å². The summed E-state index contributed by atoms with van der Waals surface area (Å²) in [4.78, 5) is 11.9. The van der Waals surface area contributed by atoms with Crippen molar-refractivity contribution in [2.45, 2.75) is 18.7 Å². The van der Waals surface area contributed by atoms with Gasteiger partial charge in [-0.2, -0.15) is 0 Å². The van der Waals surface area contributed by atoms with Crippen LogP contribution in [0.15, 0.2) is 40.0 Å². The van der Waals surface area contributed by atoms with Crippen LogP contribution >= 0.6 is 0 Å². The van der Waals surface area contributed by atoms with Crippen LogP contribution in [-0.2, 0) is 24.1 Å². The number of benzene rings is 2. The molecule has 0 spiro atoms. The highest BCUT2D eigenvalue weighted by Crippen LogP contribution is 2.26. The number of hydrogen-bond acceptors (Lipinski definition) is 3. The van der Waals surface area contributed by atoms with Gasteiger partial charge in [0.1, 0.15) is 5.82 Å². The summed E-state index contributed by atoms with van der Waals surface area (Å²) in [6.45, 7) is 3.35. The molecular weight excluding hydrogens is 345 g/mol. The van der Waals surface area contributed by atoms with Gasteiger partial charge in [0.05, 0.1) is 21.6 Å². The topological polar surface area (TPSA) is 73.1 Å². The van der Waals surface area contributed by atoms with Crippen LogP contribution in [0.3, 0.4) is 0 Å². The van der Waals surface area contributed by atoms with Gasteiger partial charge in [-0.25, -0.2) is 17.6 Å². The van der Waals surface area contributed by atoms with E-state index < -0.39 is 15.8 Å². The van der Waals surface area contributed by atoms with Crippen LogP contribution in [0.5, 0.6) is 0 Å². The van der Waals surface area contributed by atoms with Crippen LogP contribution in [0.4, 0.5) is 10.1 Å². The van der Waals surface area contributed by atoms with Gasteiger partial charge in [0.15, 0.2) is 0 Å². The van der Waals surface area contributed by atoms with Gasteiger partial charge < -0.3 is 0 Å². The summed E-state index contributed by atoms with van der Waals surface area (Å²) in [7, 11) is -0.681. The van der Waals surface area contributed by atoms with E-state index in [0.29, 0.717) is 27.8 Å². The van der Waals surface area contributed by atoms with Crippen molar-refractivity contribution in [3.63, 3.8) is 0 Å². The summed E-state index contributed by atoms with van der Waals surface area (Å²) in [5.74, 6) is -0.622. The Balaban J connectivity index is 2.14. The summed E-state index contributed by atoms with van der Waals surface area (Å²) >= 11 is 0. The molecule has 2 aromatic carbocycles. The fourth-order valence-electron chi connectivity index (χ4n) is 2.82. The van der Waals surface area contributed by atoms with Crippen LogP contribution in [-0.4, -0.2) is 17.6 Å². The van der Waals surface area contributed by atoms with E-state index in [-0.39, 0.29) is 10.6 Å². The maximum absolute atomic E-state index is 13.5. The van der Waals surface area contributed by atoms with Gasteiger partial charge in [-0.1, -0.05) is 6.07 Å². The zero-order valence-corrected chi connectivity index (χ0v) is 15.1. The van der Waals surface area contributed by atoms with Crippen molar-refractivity contribution in [3.8, 4) is 0 Å². The molecule has 8 heteroatoms. The second-order valence-electron chi connectivity index (χ2n) is 6.07. The number of nitrogens with zero attached hydrogens (tertiary/aromatic N) is 2. The normalized spacial score (nSPS) is 11.9. The minimum atomic E-state index is -3.96. The average Bonchev–Trinajstić information content (AvgIpc) is 2.74. The summed E-state index contributed by atoms with van der Waals surface area (Å²) in [5, 5.41) is 0. The van der Waals surface area contributed by atoms with Crippen molar-refractivity contribution in [1.82, 2.24) is 9.13 Å². The van der Waals surface area contributed by atoms with Gasteiger partial charge in [0.25, 0.3) is 10.0 Å². The zero-order chi connectivity index (χ0) is 18.5. The largest absolute Gasteiger partial charge is 0.328 e. The van der Waals surface area contributed by atoms with E-state index >= 15 is 0 Å². The Kier molecular flexibility index (Phi) is 3.95. The second kappa shape index (κ2) is 5.73. The third-order valence-corrected chi connectivity index (χ3v) is 5.81. The van der Waals surface area contributed by atoms with Crippen molar-refractivity contribution < 1.29 is 12.8 Å². The van der Waals surface area contributed by atoms with Gasteiger partial charge in [0, 0.05) is 14.1 Å². The Morgan fingerprint density at radius 2 is 1.56 bits per heavy atom. The first-order chi connectivity index (χ1) is 11.6. The molecule has 6 nitrogen and oxygen atoms in total. The maximum Gasteiger partial charge on any atom is 0.328 e. The van der Waals surface area contributed by atoms with Crippen LogP contribution < -0.4 is 10.4 Å². The standard InChI is InChI=1S/C17H18FN3O3S/c1-10-5-6-12(18)8-16(10)25(23,24)19-13-9-15-14(7-11(13)2)20(3)17(22)21(15)4/h5-9,19H,1-4H3. The minimum Gasteiger partial charge on any atom is -0.295 e. The molecule has 0 saturated carbocycles. The van der Waals surface area contributed by atoms with Crippen molar-refractivity contribution in [2.75, 3.05) is 4.72 Å². The number of anilines is 1. The quantitative estimate of drug-likeness (QED) is 0.777. The van der Waals surface area contributed by atoms with E-state index in [0.717, 1.165) is 6.07 Å². The van der Waals surface area contributed by atoms with Gasteiger partial charge in [-0.15, -0.1) is 0 Å². The lowest BCUT2D eigenvalue weighted by atomic mass is 10.2. The molecule has 0 aliphatic carbocycles. The SMILES string of the molecule is Cc1cc2c(cc1NS(=O)(=O)c1cc(F)ccc1C)n(C)c(=O)n2C. The minimum absolute atomic E-state index is 0.117. The van der Waals surface area contributed by atoms with Gasteiger partial charge in [0.2, 0.25) is 0 Å². The third-order valence-electron chi connectivity index (χ3n) is 4.30. The van der Waals surface area contributed by atoms with Crippen molar-refractivity contribution in [2.24, 2.45) is 14.1 Å². The molecule has 1 heterocycles. The molecule has 0 fully saturated rings. The van der Waals surface area contributed by atoms with E-state index in [1.165, 1.54) is 21.3 Å². The van der Waals surface area contributed by atoms with E-state index in [4.69, 9.17) is 0 Å². The molecule has 1 N–H and O–H groups in total. The number of hydrogen-bond donors (Lipinski definition) is 1. The maximum atomic E-state index is 13.5. The Morgan fingerprint density at radius 1 is 0.960 bits per heavy atom. The van der Waals surface area contributed by atoms with Crippen LogP contribution in [0.2, 0.25) is 0 Å². The molecule has 0 aliphatic heterocycles. The average molecular weight is 363 g/mol. The molecule has 1 aromatic heterocycles. The molecule has 0 atom stereocenters. The summed E-state index contributed by atoms with van der Waals surface area (Å²) in [6.07, 6.45) is 0. The second-order valence-corrected chi connectivity index (χ2v) is 7.72. The zero-order valence-electron chi connectivity index (χ0n) is 14.3. The van der Waals surface area contributed by atoms with Crippen LogP contribution in [0, 0.1) is 19.7 Å². The van der Waals surface area contributed by atoms with Crippen molar-refractivity contribution in [3.05, 3.63) is 57.8 Å². The highest BCUT2D eigenvalue weighted by atomic mass is 32.2. The lowest BCUT2D eigenvalue weighted by molar-refractivity contribution is 0.594. The Hall–Kier alpha value is -2.61. The number of fused-ring (bicyclic) bond motifs is 1. The van der Waals surface area contributed by atoms with Crippen LogP contribution in [0.25, 0.3) is 11.0 Å². The molecule has 0 radical (unpaired) electrons. The van der Waals surface area contributed by atoms with Gasteiger partial charge >= 0.3 is 5.69 Å². The first-order valence-corrected chi connectivity index (χ1v) is 9.05. The highest BCUT2D eigenvalue weighted by Gasteiger charge is 2.20. The molecule has 0 unspecified atom stereocenters. The number of aryl methyl sites for hydroxylation is 4. The summed E-state index contributed by atoms with van der Waals surface area (Å²) < 4.78 is 44.2. The lowest BCUT2D eigenvalue weighted by Gasteiger charge is -2.13. The fraction of sp³-hybridized carbons (Fsp3) is 0.235. The molecule has 0 amide bonds. The fourth-order valence-corrected chi connectivity index (χ4v) is 4.20. The predicted molar refractivity (Wildman–Crippen MR) is 94.8 cm³/mol. The number of halogens is 1. The first-order valence-electron chi connectivity index (χ1n) is 7.57. The highest BCUT2D eigenvalue weighted by molar-refractivity contribution is 7.92. The van der Waals surface area contributed by atoms with Crippen molar-refractivity contribution >= 4 is 26.7 Å². The number of imidazole rings is 1. The molecule has 0 saturated heterocycles. The lowest BCUT2D eigenvalue weighted by Crippen LogP contribution is -2.19. The van der Waals surface area contributed by atoms with E-state index in [2.05, 4.69) is 4.72 Å². The predicted octanol–water partition coefficient (Wildman–Crippen LogP) is 2.43. The molecular formula is C17H18FN3O3S. The Labute approximate surface area is 144 Å². The Bertz CT molecular complexity index is 1160. The van der Waals surface area contributed by atoms with Gasteiger partial charge in [-0.05, 0) is 49.2 Å². The first kappa shape index (κ1) is 17.2. The van der Waals surface area contributed by atoms with E-state index in [9.17, 15) is 17.6 Å². The summed E-state index contributed by atoms with van der Waals surface area (Å²) in [5.41, 5.74) is 2.56. The number of aromatic nitrogens is 2. The number of rotatable bonds is 3. The van der Waals surface area contributed by atoms with E-state index in [1.54, 1.807) is 40.1 Å². The smallest absolute Gasteiger partial charge is 0.295 e. The third kappa shape index (κ3) is 2.82. The molecule has 3 aromatic rings. The number of nitrogens with one attached hydrogen (secondary N) is 1. The molecule has 132 valence electrons. The summed E-state index contributed by atoms with van der Waals surface area (Å²) in [6, 6.07) is 6.97. The molecule has 25 heavy (non-hydrogen) atoms. The molecule has 0 aliphatic rings. The van der Waals surface area contributed by atoms with Crippen LogP contribution in [0.1, 0.15) is 11.1 Å². The monoisotopic (exact) mass is 363 g/mol. The van der Waals surface area contributed by atoms with Crippen molar-refractivity contribution in [1.29, 1.82) is 0 Å². The molecule has 0 bridgehead atoms. The van der Waals surface area contributed by atoms with E-state index in [1.807, 2.05) is 0 Å². The Morgan fingerprint density at radius 3 is 2.20 bits per heavy atom. The molecule has 3 rings (SSSR count). The number of sulfonamides is 1.